The molecule has 1 atom stereocenters. The smallest absolute Gasteiger partial charge is 0.408 e. The van der Waals surface area contributed by atoms with Gasteiger partial charge in [0.1, 0.15) is 10.8 Å². The lowest BCUT2D eigenvalue weighted by Crippen LogP contribution is -2.34. The monoisotopic (exact) mass is 290 g/mol. The van der Waals surface area contributed by atoms with Crippen LogP contribution in [0, 0.1) is 0 Å². The van der Waals surface area contributed by atoms with Crippen molar-refractivity contribution in [2.24, 2.45) is 0 Å². The third-order valence-corrected chi connectivity index (χ3v) is 2.51. The van der Waals surface area contributed by atoms with Crippen LogP contribution in [0.5, 0.6) is 0 Å². The second-order valence-corrected chi connectivity index (χ2v) is 5.66. The number of nitrogens with one attached hydrogen (secondary N) is 1. The molecule has 1 unspecified atom stereocenters. The SMILES string of the molecule is CC(NC(=O)OC(C)(C)C)c1nc(Cl)ccc1Cl. The van der Waals surface area contributed by atoms with Crippen molar-refractivity contribution in [3.05, 3.63) is 28.0 Å². The first-order valence-electron chi connectivity index (χ1n) is 5.50. The number of hydrogen-bond donors (Lipinski definition) is 1. The molecule has 0 aromatic carbocycles. The van der Waals surface area contributed by atoms with E-state index in [0.717, 1.165) is 0 Å². The predicted octanol–water partition coefficient (Wildman–Crippen LogP) is 3.97. The Morgan fingerprint density at radius 3 is 2.56 bits per heavy atom. The summed E-state index contributed by atoms with van der Waals surface area (Å²) in [5.41, 5.74) is -0.0370. The van der Waals surface area contributed by atoms with Gasteiger partial charge >= 0.3 is 6.09 Å². The maximum atomic E-state index is 11.6. The summed E-state index contributed by atoms with van der Waals surface area (Å²) < 4.78 is 5.15. The Labute approximate surface area is 117 Å². The molecule has 0 aliphatic heterocycles. The lowest BCUT2D eigenvalue weighted by atomic mass is 10.2. The van der Waals surface area contributed by atoms with Gasteiger partial charge in [0.25, 0.3) is 0 Å². The van der Waals surface area contributed by atoms with Crippen molar-refractivity contribution in [2.45, 2.75) is 39.3 Å². The first kappa shape index (κ1) is 15.1. The summed E-state index contributed by atoms with van der Waals surface area (Å²) >= 11 is 11.8. The molecule has 0 aliphatic rings. The van der Waals surface area contributed by atoms with Crippen LogP contribution in [-0.2, 0) is 4.74 Å². The van der Waals surface area contributed by atoms with Crippen LogP contribution in [0.3, 0.4) is 0 Å². The van der Waals surface area contributed by atoms with Crippen LogP contribution in [0.4, 0.5) is 4.79 Å². The Morgan fingerprint density at radius 1 is 1.39 bits per heavy atom. The number of nitrogens with zero attached hydrogens (tertiary/aromatic N) is 1. The standard InChI is InChI=1S/C12H16Cl2N2O2/c1-7(15-11(17)18-12(2,3)4)10-8(13)5-6-9(14)16-10/h5-7H,1-4H3,(H,15,17). The minimum atomic E-state index is -0.546. The molecule has 100 valence electrons. The summed E-state index contributed by atoms with van der Waals surface area (Å²) in [5.74, 6) is 0. The van der Waals surface area contributed by atoms with Crippen molar-refractivity contribution >= 4 is 29.3 Å². The number of carbonyl (C=O) groups excluding carboxylic acids is 1. The van der Waals surface area contributed by atoms with Gasteiger partial charge < -0.3 is 10.1 Å². The van der Waals surface area contributed by atoms with E-state index in [-0.39, 0.29) is 6.04 Å². The molecular formula is C12H16Cl2N2O2. The molecule has 0 spiro atoms. The lowest BCUT2D eigenvalue weighted by molar-refractivity contribution is 0.0507. The van der Waals surface area contributed by atoms with Gasteiger partial charge in [-0.1, -0.05) is 23.2 Å². The van der Waals surface area contributed by atoms with E-state index in [1.165, 1.54) is 0 Å². The van der Waals surface area contributed by atoms with Gasteiger partial charge in [0.15, 0.2) is 0 Å². The van der Waals surface area contributed by atoms with E-state index in [1.807, 2.05) is 0 Å². The number of ether oxygens (including phenoxy) is 1. The number of alkyl carbamates (subject to hydrolysis) is 1. The highest BCUT2D eigenvalue weighted by molar-refractivity contribution is 6.32. The summed E-state index contributed by atoms with van der Waals surface area (Å²) in [5, 5.41) is 3.43. The van der Waals surface area contributed by atoms with Gasteiger partial charge in [0.05, 0.1) is 16.8 Å². The minimum absolute atomic E-state index is 0.326. The lowest BCUT2D eigenvalue weighted by Gasteiger charge is -2.22. The molecule has 1 aromatic rings. The first-order valence-corrected chi connectivity index (χ1v) is 6.26. The van der Waals surface area contributed by atoms with Crippen molar-refractivity contribution in [1.29, 1.82) is 0 Å². The molecule has 4 nitrogen and oxygen atoms in total. The summed E-state index contributed by atoms with van der Waals surface area (Å²) in [4.78, 5) is 15.7. The van der Waals surface area contributed by atoms with Crippen LogP contribution < -0.4 is 5.32 Å². The molecule has 0 fully saturated rings. The van der Waals surface area contributed by atoms with Crippen molar-refractivity contribution in [3.8, 4) is 0 Å². The van der Waals surface area contributed by atoms with Crippen LogP contribution >= 0.6 is 23.2 Å². The van der Waals surface area contributed by atoms with Gasteiger partial charge in [-0.15, -0.1) is 0 Å². The first-order chi connectivity index (χ1) is 8.19. The molecule has 1 rings (SSSR count). The fraction of sp³-hybridized carbons (Fsp3) is 0.500. The van der Waals surface area contributed by atoms with Gasteiger partial charge in [-0.05, 0) is 39.8 Å². The molecule has 0 saturated heterocycles. The Balaban J connectivity index is 2.73. The summed E-state index contributed by atoms with van der Waals surface area (Å²) in [6.45, 7) is 7.14. The van der Waals surface area contributed by atoms with E-state index in [9.17, 15) is 4.79 Å². The van der Waals surface area contributed by atoms with Gasteiger partial charge in [-0.3, -0.25) is 0 Å². The number of rotatable bonds is 2. The van der Waals surface area contributed by atoms with Crippen molar-refractivity contribution in [1.82, 2.24) is 10.3 Å². The highest BCUT2D eigenvalue weighted by Gasteiger charge is 2.20. The van der Waals surface area contributed by atoms with E-state index >= 15 is 0 Å². The van der Waals surface area contributed by atoms with E-state index in [1.54, 1.807) is 39.8 Å². The largest absolute Gasteiger partial charge is 0.444 e. The number of hydrogen-bond acceptors (Lipinski definition) is 3. The zero-order valence-electron chi connectivity index (χ0n) is 10.8. The molecule has 1 aromatic heterocycles. The number of halogens is 2. The molecule has 0 aliphatic carbocycles. The maximum Gasteiger partial charge on any atom is 0.408 e. The van der Waals surface area contributed by atoms with Crippen LogP contribution in [0.1, 0.15) is 39.4 Å². The number of carbonyl (C=O) groups is 1. The fourth-order valence-electron chi connectivity index (χ4n) is 1.29. The molecule has 1 amide bonds. The highest BCUT2D eigenvalue weighted by atomic mass is 35.5. The Bertz CT molecular complexity index is 444. The molecule has 0 saturated carbocycles. The van der Waals surface area contributed by atoms with E-state index in [0.29, 0.717) is 15.9 Å². The predicted molar refractivity (Wildman–Crippen MR) is 72.0 cm³/mol. The van der Waals surface area contributed by atoms with E-state index < -0.39 is 11.7 Å². The zero-order chi connectivity index (χ0) is 13.9. The maximum absolute atomic E-state index is 11.6. The third kappa shape index (κ3) is 4.70. The van der Waals surface area contributed by atoms with Gasteiger partial charge in [0.2, 0.25) is 0 Å². The molecule has 0 radical (unpaired) electrons. The van der Waals surface area contributed by atoms with E-state index in [4.69, 9.17) is 27.9 Å². The second kappa shape index (κ2) is 5.76. The molecule has 1 heterocycles. The summed E-state index contributed by atoms with van der Waals surface area (Å²) in [6.07, 6.45) is -0.521. The highest BCUT2D eigenvalue weighted by Crippen LogP contribution is 2.23. The Kier molecular flexibility index (Phi) is 4.82. The van der Waals surface area contributed by atoms with Gasteiger partial charge in [-0.2, -0.15) is 0 Å². The van der Waals surface area contributed by atoms with Crippen LogP contribution in [0.15, 0.2) is 12.1 Å². The number of amides is 1. The quantitative estimate of drug-likeness (QED) is 0.839. The molecular weight excluding hydrogens is 275 g/mol. The second-order valence-electron chi connectivity index (χ2n) is 4.87. The topological polar surface area (TPSA) is 51.2 Å². The normalized spacial score (nSPS) is 13.0. The Hall–Kier alpha value is -1.000. The van der Waals surface area contributed by atoms with Crippen molar-refractivity contribution < 1.29 is 9.53 Å². The minimum Gasteiger partial charge on any atom is -0.444 e. The van der Waals surface area contributed by atoms with Gasteiger partial charge in [-0.25, -0.2) is 9.78 Å². The average molecular weight is 291 g/mol. The van der Waals surface area contributed by atoms with Crippen LogP contribution in [0.25, 0.3) is 0 Å². The Morgan fingerprint density at radius 2 is 2.00 bits per heavy atom. The van der Waals surface area contributed by atoms with Crippen molar-refractivity contribution in [2.75, 3.05) is 0 Å². The van der Waals surface area contributed by atoms with Crippen LogP contribution in [0.2, 0.25) is 10.2 Å². The third-order valence-electron chi connectivity index (χ3n) is 1.98. The molecule has 0 bridgehead atoms. The average Bonchev–Trinajstić information content (AvgIpc) is 2.18. The number of pyridine rings is 1. The fourth-order valence-corrected chi connectivity index (χ4v) is 1.71. The summed E-state index contributed by atoms with van der Waals surface area (Å²) in [6, 6.07) is 2.85. The number of aromatic nitrogens is 1. The summed E-state index contributed by atoms with van der Waals surface area (Å²) in [7, 11) is 0. The molecule has 18 heavy (non-hydrogen) atoms. The van der Waals surface area contributed by atoms with Crippen molar-refractivity contribution in [3.63, 3.8) is 0 Å². The van der Waals surface area contributed by atoms with E-state index in [2.05, 4.69) is 10.3 Å². The van der Waals surface area contributed by atoms with Crippen LogP contribution in [-0.4, -0.2) is 16.7 Å². The zero-order valence-corrected chi connectivity index (χ0v) is 12.3. The molecule has 1 N–H and O–H groups in total. The molecule has 6 heteroatoms. The van der Waals surface area contributed by atoms with Gasteiger partial charge in [0, 0.05) is 0 Å².